The zero-order chi connectivity index (χ0) is 19.9. The number of benzene rings is 1. The van der Waals surface area contributed by atoms with E-state index in [0.29, 0.717) is 5.56 Å². The highest BCUT2D eigenvalue weighted by atomic mass is 32.2. The second kappa shape index (κ2) is 6.82. The number of hydrogen-bond acceptors (Lipinski definition) is 4. The molecule has 146 valence electrons. The third-order valence-corrected chi connectivity index (χ3v) is 5.81. The number of anilines is 1. The van der Waals surface area contributed by atoms with Crippen LogP contribution in [-0.2, 0) is 14.8 Å². The van der Waals surface area contributed by atoms with Crippen molar-refractivity contribution in [1.82, 2.24) is 4.90 Å². The van der Waals surface area contributed by atoms with Crippen LogP contribution < -0.4 is 10.5 Å². The van der Waals surface area contributed by atoms with Crippen LogP contribution in [0.1, 0.15) is 25.8 Å². The Labute approximate surface area is 150 Å². The Morgan fingerprint density at radius 2 is 2.00 bits per heavy atom. The number of amides is 1. The second-order valence-electron chi connectivity index (χ2n) is 7.03. The van der Waals surface area contributed by atoms with Crippen LogP contribution in [0.3, 0.4) is 0 Å². The number of alkyl halides is 3. The van der Waals surface area contributed by atoms with E-state index in [0.717, 1.165) is 0 Å². The van der Waals surface area contributed by atoms with Crippen molar-refractivity contribution in [1.29, 1.82) is 0 Å². The SMILES string of the molecule is Cc1ccc(S(N)(=O)=O)cc1NC(=O)CN1CCC(C(F)(F)F)C1(C)C. The smallest absolute Gasteiger partial charge is 0.325 e. The monoisotopic (exact) mass is 393 g/mol. The summed E-state index contributed by atoms with van der Waals surface area (Å²) < 4.78 is 62.2. The molecule has 26 heavy (non-hydrogen) atoms. The first kappa shape index (κ1) is 20.7. The van der Waals surface area contributed by atoms with Gasteiger partial charge in [0.2, 0.25) is 15.9 Å². The number of rotatable bonds is 4. The van der Waals surface area contributed by atoms with Crippen LogP contribution in [0.25, 0.3) is 0 Å². The van der Waals surface area contributed by atoms with E-state index in [1.807, 2.05) is 0 Å². The van der Waals surface area contributed by atoms with Crippen molar-refractivity contribution < 1.29 is 26.4 Å². The summed E-state index contributed by atoms with van der Waals surface area (Å²) in [6.07, 6.45) is -4.39. The molecule has 2 rings (SSSR count). The van der Waals surface area contributed by atoms with Crippen LogP contribution in [0.4, 0.5) is 18.9 Å². The van der Waals surface area contributed by atoms with Gasteiger partial charge in [-0.1, -0.05) is 6.07 Å². The lowest BCUT2D eigenvalue weighted by Gasteiger charge is -2.36. The minimum absolute atomic E-state index is 0.0658. The van der Waals surface area contributed by atoms with Crippen LogP contribution in [0.5, 0.6) is 0 Å². The largest absolute Gasteiger partial charge is 0.393 e. The predicted octanol–water partition coefficient (Wildman–Crippen LogP) is 2.24. The van der Waals surface area contributed by atoms with E-state index in [-0.39, 0.29) is 30.1 Å². The molecule has 1 unspecified atom stereocenters. The number of carbonyl (C=O) groups is 1. The summed E-state index contributed by atoms with van der Waals surface area (Å²) in [5, 5.41) is 7.63. The van der Waals surface area contributed by atoms with E-state index in [9.17, 15) is 26.4 Å². The molecular weight excluding hydrogens is 371 g/mol. The molecule has 0 aromatic heterocycles. The lowest BCUT2D eigenvalue weighted by Crippen LogP contribution is -2.49. The van der Waals surface area contributed by atoms with Crippen molar-refractivity contribution in [3.63, 3.8) is 0 Å². The number of likely N-dealkylation sites (tertiary alicyclic amines) is 1. The molecule has 1 aromatic carbocycles. The number of aryl methyl sites for hydroxylation is 1. The molecule has 0 bridgehead atoms. The lowest BCUT2D eigenvalue weighted by atomic mass is 9.88. The fraction of sp³-hybridized carbons (Fsp3) is 0.562. The first-order valence-corrected chi connectivity index (χ1v) is 9.52. The van der Waals surface area contributed by atoms with Crippen molar-refractivity contribution in [2.45, 2.75) is 43.8 Å². The van der Waals surface area contributed by atoms with E-state index in [1.54, 1.807) is 6.92 Å². The minimum atomic E-state index is -4.32. The van der Waals surface area contributed by atoms with Crippen LogP contribution in [-0.4, -0.2) is 44.0 Å². The third kappa shape index (κ3) is 4.36. The third-order valence-electron chi connectivity index (χ3n) is 4.90. The molecule has 0 aliphatic carbocycles. The second-order valence-corrected chi connectivity index (χ2v) is 8.59. The number of carbonyl (C=O) groups excluding carboxylic acids is 1. The lowest BCUT2D eigenvalue weighted by molar-refractivity contribution is -0.191. The molecule has 1 aromatic rings. The van der Waals surface area contributed by atoms with Crippen molar-refractivity contribution in [3.05, 3.63) is 23.8 Å². The van der Waals surface area contributed by atoms with Gasteiger partial charge in [-0.25, -0.2) is 13.6 Å². The standard InChI is InChI=1S/C16H22F3N3O3S/c1-10-4-5-11(26(20,24)25)8-12(10)21-14(23)9-22-7-6-13(15(22,2)3)16(17,18)19/h4-5,8,13H,6-7,9H2,1-3H3,(H,21,23)(H2,20,24,25). The molecule has 1 saturated heterocycles. The van der Waals surface area contributed by atoms with Gasteiger partial charge < -0.3 is 5.32 Å². The molecule has 1 aliphatic heterocycles. The molecule has 10 heteroatoms. The maximum atomic E-state index is 13.1. The Bertz CT molecular complexity index is 807. The zero-order valence-corrected chi connectivity index (χ0v) is 15.5. The van der Waals surface area contributed by atoms with E-state index >= 15 is 0 Å². The van der Waals surface area contributed by atoms with Gasteiger partial charge in [-0.05, 0) is 51.4 Å². The van der Waals surface area contributed by atoms with Crippen LogP contribution in [0, 0.1) is 12.8 Å². The van der Waals surface area contributed by atoms with E-state index in [1.165, 1.54) is 36.9 Å². The summed E-state index contributed by atoms with van der Waals surface area (Å²) in [4.78, 5) is 13.6. The van der Waals surface area contributed by atoms with Gasteiger partial charge in [0.25, 0.3) is 0 Å². The van der Waals surface area contributed by atoms with Gasteiger partial charge >= 0.3 is 6.18 Å². The summed E-state index contributed by atoms with van der Waals surface area (Å²) in [6, 6.07) is 4.04. The Kier molecular flexibility index (Phi) is 5.42. The van der Waals surface area contributed by atoms with Crippen molar-refractivity contribution >= 4 is 21.6 Å². The molecule has 1 amide bonds. The number of nitrogens with two attached hydrogens (primary N) is 1. The molecule has 1 aliphatic rings. The molecule has 3 N–H and O–H groups in total. The van der Waals surface area contributed by atoms with Crippen LogP contribution in [0.2, 0.25) is 0 Å². The average molecular weight is 393 g/mol. The van der Waals surface area contributed by atoms with Crippen molar-refractivity contribution in [2.24, 2.45) is 11.1 Å². The van der Waals surface area contributed by atoms with Crippen molar-refractivity contribution in [2.75, 3.05) is 18.4 Å². The predicted molar refractivity (Wildman–Crippen MR) is 91.0 cm³/mol. The maximum Gasteiger partial charge on any atom is 0.393 e. The van der Waals surface area contributed by atoms with Gasteiger partial charge in [0.1, 0.15) is 0 Å². The Morgan fingerprint density at radius 3 is 2.50 bits per heavy atom. The van der Waals surface area contributed by atoms with Gasteiger partial charge in [-0.3, -0.25) is 9.69 Å². The summed E-state index contributed by atoms with van der Waals surface area (Å²) in [6.45, 7) is 4.54. The van der Waals surface area contributed by atoms with E-state index < -0.39 is 33.6 Å². The molecular formula is C16H22F3N3O3S. The Morgan fingerprint density at radius 1 is 1.38 bits per heavy atom. The first-order valence-electron chi connectivity index (χ1n) is 7.98. The number of nitrogens with one attached hydrogen (secondary N) is 1. The average Bonchev–Trinajstić information content (AvgIpc) is 2.75. The molecule has 1 atom stereocenters. The first-order chi connectivity index (χ1) is 11.7. The van der Waals surface area contributed by atoms with Gasteiger partial charge in [-0.2, -0.15) is 13.2 Å². The summed E-state index contributed by atoms with van der Waals surface area (Å²) in [5.41, 5.74) is -0.335. The molecule has 0 radical (unpaired) electrons. The van der Waals surface area contributed by atoms with Gasteiger partial charge in [0.15, 0.2) is 0 Å². The molecule has 0 saturated carbocycles. The van der Waals surface area contributed by atoms with Crippen LogP contribution >= 0.6 is 0 Å². The molecule has 0 spiro atoms. The number of primary sulfonamides is 1. The number of sulfonamides is 1. The minimum Gasteiger partial charge on any atom is -0.325 e. The summed E-state index contributed by atoms with van der Waals surface area (Å²) >= 11 is 0. The van der Waals surface area contributed by atoms with Gasteiger partial charge in [-0.15, -0.1) is 0 Å². The highest BCUT2D eigenvalue weighted by Gasteiger charge is 2.54. The van der Waals surface area contributed by atoms with Crippen LogP contribution in [0.15, 0.2) is 23.1 Å². The topological polar surface area (TPSA) is 92.5 Å². The zero-order valence-electron chi connectivity index (χ0n) is 14.7. The van der Waals surface area contributed by atoms with E-state index in [4.69, 9.17) is 5.14 Å². The Balaban J connectivity index is 2.13. The number of hydrogen-bond donors (Lipinski definition) is 2. The quantitative estimate of drug-likeness (QED) is 0.821. The summed E-state index contributed by atoms with van der Waals surface area (Å²) in [5.74, 6) is -2.02. The highest BCUT2D eigenvalue weighted by Crippen LogP contribution is 2.44. The Hall–Kier alpha value is -1.65. The molecule has 6 nitrogen and oxygen atoms in total. The van der Waals surface area contributed by atoms with Gasteiger partial charge in [0, 0.05) is 11.2 Å². The molecule has 1 heterocycles. The molecule has 1 fully saturated rings. The normalized spacial score (nSPS) is 21.0. The highest BCUT2D eigenvalue weighted by molar-refractivity contribution is 7.89. The fourth-order valence-corrected chi connectivity index (χ4v) is 3.81. The van der Waals surface area contributed by atoms with Crippen molar-refractivity contribution in [3.8, 4) is 0 Å². The van der Waals surface area contributed by atoms with Gasteiger partial charge in [0.05, 0.1) is 17.4 Å². The van der Waals surface area contributed by atoms with E-state index in [2.05, 4.69) is 5.32 Å². The maximum absolute atomic E-state index is 13.1. The summed E-state index contributed by atoms with van der Waals surface area (Å²) in [7, 11) is -3.93. The fourth-order valence-electron chi connectivity index (χ4n) is 3.27. The number of halogens is 3. The number of nitrogens with zero attached hydrogens (tertiary/aromatic N) is 1.